The van der Waals surface area contributed by atoms with Crippen molar-refractivity contribution in [2.75, 3.05) is 26.1 Å². The second-order valence-corrected chi connectivity index (χ2v) is 12.9. The molecule has 3 aromatic rings. The number of carbonyl (C=O) groups is 1. The molecule has 0 radical (unpaired) electrons. The Morgan fingerprint density at radius 3 is 2.34 bits per heavy atom. The number of anilines is 1. The predicted molar refractivity (Wildman–Crippen MR) is 171 cm³/mol. The quantitative estimate of drug-likeness (QED) is 0.0546. The van der Waals surface area contributed by atoms with Gasteiger partial charge in [-0.3, -0.25) is 9.36 Å². The molecule has 0 saturated carbocycles. The third-order valence-electron chi connectivity index (χ3n) is 7.93. The maximum absolute atomic E-state index is 13.9. The number of unbranched alkanes of at least 4 members (excludes halogenated alkanes) is 8. The summed E-state index contributed by atoms with van der Waals surface area (Å²) in [5, 5.41) is 13.6. The van der Waals surface area contributed by atoms with Gasteiger partial charge in [0.2, 0.25) is 0 Å². The molecule has 1 aromatic carbocycles. The van der Waals surface area contributed by atoms with Gasteiger partial charge in [0.05, 0.1) is 26.1 Å². The van der Waals surface area contributed by atoms with Crippen LogP contribution in [-0.2, 0) is 36.3 Å². The van der Waals surface area contributed by atoms with Crippen molar-refractivity contribution in [3.63, 3.8) is 0 Å². The fourth-order valence-corrected chi connectivity index (χ4v) is 5.98. The van der Waals surface area contributed by atoms with Crippen molar-refractivity contribution in [3.05, 3.63) is 47.8 Å². The van der Waals surface area contributed by atoms with Crippen molar-refractivity contribution in [1.82, 2.24) is 24.6 Å². The Morgan fingerprint density at radius 2 is 1.70 bits per heavy atom. The minimum Gasteiger partial charge on any atom is -0.465 e. The fourth-order valence-electron chi connectivity index (χ4n) is 4.98. The molecule has 4 N–H and O–H groups in total. The summed E-state index contributed by atoms with van der Waals surface area (Å²) in [6.07, 6.45) is 8.48. The Labute approximate surface area is 273 Å². The second kappa shape index (κ2) is 19.0. The number of nitrogens with one attached hydrogen (secondary N) is 1. The largest absolute Gasteiger partial charge is 0.465 e. The van der Waals surface area contributed by atoms with Gasteiger partial charge in [-0.1, -0.05) is 58.3 Å². The first-order chi connectivity index (χ1) is 22.4. The molecule has 0 saturated heterocycles. The molecule has 1 unspecified atom stereocenters. The number of nitrogens with two attached hydrogens (primary N) is 1. The van der Waals surface area contributed by atoms with Crippen LogP contribution in [-0.4, -0.2) is 68.7 Å². The number of benzene rings is 1. The monoisotopic (exact) mass is 686 g/mol. The van der Waals surface area contributed by atoms with E-state index in [1.54, 1.807) is 0 Å². The molecule has 262 valence electrons. The van der Waals surface area contributed by atoms with Crippen LogP contribution in [0.3, 0.4) is 0 Å². The number of fused-ring (bicyclic) bond motifs is 1. The van der Waals surface area contributed by atoms with Crippen LogP contribution in [0.25, 0.3) is 11.2 Å². The van der Waals surface area contributed by atoms with Gasteiger partial charge in [0.15, 0.2) is 11.5 Å². The van der Waals surface area contributed by atoms with Gasteiger partial charge in [-0.25, -0.2) is 18.9 Å². The zero-order chi connectivity index (χ0) is 34.4. The van der Waals surface area contributed by atoms with E-state index in [0.717, 1.165) is 31.4 Å². The molecule has 0 bridgehead atoms. The van der Waals surface area contributed by atoms with E-state index in [1.807, 2.05) is 0 Å². The molecule has 47 heavy (non-hydrogen) atoms. The number of nitrogen functional groups attached to an aromatic ring is 1. The number of ether oxygens (including phenoxy) is 2. The van der Waals surface area contributed by atoms with Crippen LogP contribution in [0.5, 0.6) is 0 Å². The van der Waals surface area contributed by atoms with E-state index in [0.29, 0.717) is 12.5 Å². The predicted octanol–water partition coefficient (Wildman–Crippen LogP) is 5.27. The van der Waals surface area contributed by atoms with Crippen LogP contribution < -0.4 is 10.8 Å². The van der Waals surface area contributed by atoms with Crippen LogP contribution in [0.2, 0.25) is 0 Å². The number of aromatic nitrogens is 4. The lowest BCUT2D eigenvalue weighted by Gasteiger charge is -2.33. The number of esters is 1. The fraction of sp³-hybridized carbons (Fsp3) is 0.613. The number of methoxy groups -OCH3 is 1. The Hall–Kier alpha value is -3.10. The molecule has 4 atom stereocenters. The van der Waals surface area contributed by atoms with E-state index < -0.39 is 56.2 Å². The normalized spacial score (nSPS) is 15.0. The first kappa shape index (κ1) is 38.3. The molecule has 3 rings (SSSR count). The summed E-state index contributed by atoms with van der Waals surface area (Å²) in [6, 6.07) is 1.62. The van der Waals surface area contributed by atoms with E-state index in [-0.39, 0.29) is 42.1 Å². The lowest BCUT2D eigenvalue weighted by Crippen LogP contribution is -2.47. The molecule has 0 aliphatic carbocycles. The average Bonchev–Trinajstić information content (AvgIpc) is 3.42. The topological polar surface area (TPSA) is 164 Å². The van der Waals surface area contributed by atoms with Crippen molar-refractivity contribution in [3.8, 4) is 0 Å². The summed E-state index contributed by atoms with van der Waals surface area (Å²) in [5.41, 5.74) is 4.63. The van der Waals surface area contributed by atoms with Crippen molar-refractivity contribution in [1.29, 1.82) is 0 Å². The summed E-state index contributed by atoms with van der Waals surface area (Å²) < 4.78 is 72.3. The number of aliphatic hydroxyl groups is 1. The molecule has 0 aliphatic heterocycles. The van der Waals surface area contributed by atoms with Gasteiger partial charge in [0.1, 0.15) is 34.9 Å². The van der Waals surface area contributed by atoms with Crippen molar-refractivity contribution in [2.24, 2.45) is 0 Å². The van der Waals surface area contributed by atoms with Crippen LogP contribution in [0, 0.1) is 17.7 Å². The van der Waals surface area contributed by atoms with Crippen molar-refractivity contribution in [2.45, 2.75) is 102 Å². The molecule has 0 aliphatic rings. The zero-order valence-electron chi connectivity index (χ0n) is 27.1. The van der Waals surface area contributed by atoms with Crippen molar-refractivity contribution >= 4 is 31.1 Å². The number of nitrogens with zero attached hydrogens (tertiary/aromatic N) is 4. The molecule has 12 nitrogen and oxygen atoms in total. The molecular formula is C31H46F3N6O6P. The smallest absolute Gasteiger partial charge is 0.323 e. The molecule has 2 heterocycles. The van der Waals surface area contributed by atoms with Gasteiger partial charge >= 0.3 is 12.0 Å². The van der Waals surface area contributed by atoms with Gasteiger partial charge in [0, 0.05) is 13.2 Å². The minimum absolute atomic E-state index is 0.0567. The maximum atomic E-state index is 13.9. The molecule has 0 amide bonds. The van der Waals surface area contributed by atoms with E-state index in [9.17, 15) is 27.6 Å². The summed E-state index contributed by atoms with van der Waals surface area (Å²) in [4.78, 5) is 24.2. The van der Waals surface area contributed by atoms with Gasteiger partial charge in [-0.2, -0.15) is 14.4 Å². The molecule has 16 heteroatoms. The highest BCUT2D eigenvalue weighted by Gasteiger charge is 2.35. The number of carbonyl (C=O) groups excluding carboxylic acids is 1. The molecule has 0 spiro atoms. The van der Waals surface area contributed by atoms with Crippen LogP contribution in [0.15, 0.2) is 24.5 Å². The summed E-state index contributed by atoms with van der Waals surface area (Å²) in [7, 11) is -1.88. The Kier molecular flexibility index (Phi) is 15.5. The number of imidazole rings is 1. The third-order valence-corrected chi connectivity index (χ3v) is 8.92. The van der Waals surface area contributed by atoms with Gasteiger partial charge < -0.3 is 29.4 Å². The highest BCUT2D eigenvalue weighted by atomic mass is 31.1. The SMILES string of the molecule is CCCCCCCCCCCOC(=O)[C@H](Cc1cc(F)cc(F)c1)N[PH](=O)OC[C@@](C)(OC)[C@@H](O)Cn1cnc2c(N)nc(F)nc21. The van der Waals surface area contributed by atoms with Crippen LogP contribution in [0.1, 0.15) is 77.2 Å². The van der Waals surface area contributed by atoms with E-state index >= 15 is 0 Å². The summed E-state index contributed by atoms with van der Waals surface area (Å²) in [5.74, 6) is -2.55. The maximum Gasteiger partial charge on any atom is 0.323 e. The molecule has 2 aromatic heterocycles. The lowest BCUT2D eigenvalue weighted by molar-refractivity contribution is -0.145. The van der Waals surface area contributed by atoms with Crippen LogP contribution in [0.4, 0.5) is 19.0 Å². The summed E-state index contributed by atoms with van der Waals surface area (Å²) in [6.45, 7) is 3.25. The van der Waals surface area contributed by atoms with Crippen LogP contribution >= 0.6 is 8.18 Å². The van der Waals surface area contributed by atoms with Gasteiger partial charge in [-0.05, 0) is 37.5 Å². The highest BCUT2D eigenvalue weighted by Crippen LogP contribution is 2.27. The zero-order valence-corrected chi connectivity index (χ0v) is 28.1. The number of aliphatic hydroxyl groups excluding tert-OH is 1. The number of halogens is 3. The molecule has 0 fully saturated rings. The Bertz CT molecular complexity index is 1450. The van der Waals surface area contributed by atoms with E-state index in [4.69, 9.17) is 19.7 Å². The number of rotatable bonds is 22. The number of hydrogen-bond acceptors (Lipinski definition) is 10. The Morgan fingerprint density at radius 1 is 1.06 bits per heavy atom. The minimum atomic E-state index is -3.19. The third kappa shape index (κ3) is 12.1. The molecular weight excluding hydrogens is 640 g/mol. The lowest BCUT2D eigenvalue weighted by atomic mass is 10.00. The van der Waals surface area contributed by atoms with Gasteiger partial charge in [0.25, 0.3) is 8.18 Å². The first-order valence-electron chi connectivity index (χ1n) is 15.9. The highest BCUT2D eigenvalue weighted by molar-refractivity contribution is 7.36. The summed E-state index contributed by atoms with van der Waals surface area (Å²) >= 11 is 0. The van der Waals surface area contributed by atoms with Crippen molar-refractivity contribution < 1.29 is 41.6 Å². The first-order valence-corrected chi connectivity index (χ1v) is 17.2. The average molecular weight is 687 g/mol. The second-order valence-electron chi connectivity index (χ2n) is 11.7. The van der Waals surface area contributed by atoms with E-state index in [1.165, 1.54) is 57.0 Å². The van der Waals surface area contributed by atoms with Gasteiger partial charge in [-0.15, -0.1) is 0 Å². The number of hydrogen-bond donors (Lipinski definition) is 3. The Balaban J connectivity index is 1.57. The standard InChI is InChI=1S/C31H46F3N6O6P/c1-4-5-6-7-8-9-10-11-12-13-45-29(42)24(16-21-14-22(32)17-23(33)15-21)39-47(43)46-19-31(2,44-3)25(41)18-40-20-36-26-27(35)37-30(34)38-28(26)40/h14-15,17,20,24-25,41,47H,4-13,16,18-19H2,1-3H3,(H,39,43)(H2,35,37,38)/t24-,25-,31+/m0/s1. The van der Waals surface area contributed by atoms with E-state index in [2.05, 4.69) is 27.0 Å².